The van der Waals surface area contributed by atoms with E-state index < -0.39 is 0 Å². The quantitative estimate of drug-likeness (QED) is 0.452. The van der Waals surface area contributed by atoms with Crippen molar-refractivity contribution in [2.24, 2.45) is 17.3 Å². The number of hydrogen-bond acceptors (Lipinski definition) is 5. The minimum absolute atomic E-state index is 0.0838. The van der Waals surface area contributed by atoms with E-state index in [0.29, 0.717) is 5.92 Å². The molecule has 2 saturated heterocycles. The minimum Gasteiger partial charge on any atom is -0.496 e. The number of likely N-dealkylation sites (tertiary alicyclic amines) is 1. The average molecular weight is 526 g/mol. The van der Waals surface area contributed by atoms with E-state index in [-0.39, 0.29) is 23.3 Å². The van der Waals surface area contributed by atoms with Crippen LogP contribution in [0.25, 0.3) is 10.9 Å². The number of aryl methyl sites for hydroxylation is 1. The van der Waals surface area contributed by atoms with Crippen LogP contribution in [0.3, 0.4) is 0 Å². The molecule has 1 spiro atoms. The molecule has 204 valence electrons. The number of nitrogens with one attached hydrogen (secondary N) is 2. The molecule has 7 nitrogen and oxygen atoms in total. The molecule has 6 rings (SSSR count). The lowest BCUT2D eigenvalue weighted by molar-refractivity contribution is -0.0298. The number of carbonyl (C=O) groups excluding carboxylic acids is 1. The van der Waals surface area contributed by atoms with E-state index in [0.717, 1.165) is 75.2 Å². The Balaban J connectivity index is 1.27. The number of fused-ring (bicyclic) bond motifs is 1. The SMILES string of the molecule is COc1cc(C)c2[nH]ccc2c1CN1CCC2(CC(C#N)C2)CC1c1ccc(C(=O)N(C)CC2CNC2)cc1. The molecule has 1 aliphatic carbocycles. The highest BCUT2D eigenvalue weighted by Gasteiger charge is 2.49. The number of rotatable bonds is 7. The van der Waals surface area contributed by atoms with Crippen LogP contribution >= 0.6 is 0 Å². The van der Waals surface area contributed by atoms with E-state index in [2.05, 4.69) is 52.5 Å². The fraction of sp³-hybridized carbons (Fsp3) is 0.500. The lowest BCUT2D eigenvalue weighted by Crippen LogP contribution is -2.48. The van der Waals surface area contributed by atoms with Gasteiger partial charge in [-0.25, -0.2) is 0 Å². The van der Waals surface area contributed by atoms with Gasteiger partial charge in [0, 0.05) is 79.3 Å². The van der Waals surface area contributed by atoms with Crippen molar-refractivity contribution in [3.8, 4) is 11.8 Å². The number of aromatic nitrogens is 1. The molecule has 3 heterocycles. The summed E-state index contributed by atoms with van der Waals surface area (Å²) in [6.07, 6.45) is 6.16. The van der Waals surface area contributed by atoms with Gasteiger partial charge in [0.15, 0.2) is 0 Å². The summed E-state index contributed by atoms with van der Waals surface area (Å²) in [5, 5.41) is 14.0. The smallest absolute Gasteiger partial charge is 0.253 e. The largest absolute Gasteiger partial charge is 0.496 e. The summed E-state index contributed by atoms with van der Waals surface area (Å²) < 4.78 is 5.87. The van der Waals surface area contributed by atoms with Gasteiger partial charge in [-0.1, -0.05) is 12.1 Å². The van der Waals surface area contributed by atoms with Crippen molar-refractivity contribution in [1.29, 1.82) is 5.26 Å². The van der Waals surface area contributed by atoms with Gasteiger partial charge in [-0.3, -0.25) is 9.69 Å². The molecular weight excluding hydrogens is 486 g/mol. The third-order valence-corrected chi connectivity index (χ3v) is 9.52. The topological polar surface area (TPSA) is 84.4 Å². The third kappa shape index (κ3) is 4.81. The van der Waals surface area contributed by atoms with Crippen LogP contribution in [0.5, 0.6) is 5.75 Å². The fourth-order valence-corrected chi connectivity index (χ4v) is 7.14. The highest BCUT2D eigenvalue weighted by atomic mass is 16.5. The maximum Gasteiger partial charge on any atom is 0.253 e. The molecule has 7 heteroatoms. The summed E-state index contributed by atoms with van der Waals surface area (Å²) in [6.45, 7) is 6.65. The van der Waals surface area contributed by atoms with Gasteiger partial charge in [-0.05, 0) is 80.0 Å². The van der Waals surface area contributed by atoms with Crippen molar-refractivity contribution in [2.75, 3.05) is 40.3 Å². The molecule has 39 heavy (non-hydrogen) atoms. The van der Waals surface area contributed by atoms with E-state index in [1.54, 1.807) is 7.11 Å². The predicted molar refractivity (Wildman–Crippen MR) is 153 cm³/mol. The number of nitrogens with zero attached hydrogens (tertiary/aromatic N) is 3. The number of H-pyrrole nitrogens is 1. The van der Waals surface area contributed by atoms with Crippen LogP contribution in [0, 0.1) is 35.5 Å². The monoisotopic (exact) mass is 525 g/mol. The molecule has 3 aromatic rings. The van der Waals surface area contributed by atoms with Crippen molar-refractivity contribution in [2.45, 2.75) is 45.2 Å². The highest BCUT2D eigenvalue weighted by Crippen LogP contribution is 2.56. The van der Waals surface area contributed by atoms with Gasteiger partial charge in [0.25, 0.3) is 5.91 Å². The summed E-state index contributed by atoms with van der Waals surface area (Å²) in [4.78, 5) is 20.9. The molecule has 2 aromatic carbocycles. The zero-order valence-electron chi connectivity index (χ0n) is 23.3. The molecule has 3 aliphatic rings. The molecular formula is C32H39N5O2. The second-order valence-corrected chi connectivity index (χ2v) is 12.1. The second-order valence-electron chi connectivity index (χ2n) is 12.1. The summed E-state index contributed by atoms with van der Waals surface area (Å²) in [6, 6.07) is 15.3. The van der Waals surface area contributed by atoms with Crippen LogP contribution in [-0.2, 0) is 6.54 Å². The first-order chi connectivity index (χ1) is 18.9. The number of aromatic amines is 1. The van der Waals surface area contributed by atoms with Gasteiger partial charge in [-0.15, -0.1) is 0 Å². The van der Waals surface area contributed by atoms with E-state index in [1.807, 2.05) is 30.3 Å². The number of carbonyl (C=O) groups is 1. The first-order valence-corrected chi connectivity index (χ1v) is 14.2. The predicted octanol–water partition coefficient (Wildman–Crippen LogP) is 5.03. The van der Waals surface area contributed by atoms with Crippen LogP contribution in [0.1, 0.15) is 58.8 Å². The molecule has 1 amide bonds. The maximum absolute atomic E-state index is 13.1. The summed E-state index contributed by atoms with van der Waals surface area (Å²) >= 11 is 0. The van der Waals surface area contributed by atoms with Gasteiger partial charge in [0.05, 0.1) is 13.2 Å². The van der Waals surface area contributed by atoms with Crippen molar-refractivity contribution in [1.82, 2.24) is 20.1 Å². The number of benzene rings is 2. The van der Waals surface area contributed by atoms with Crippen molar-refractivity contribution in [3.05, 3.63) is 64.8 Å². The van der Waals surface area contributed by atoms with Gasteiger partial charge in [-0.2, -0.15) is 5.26 Å². The van der Waals surface area contributed by atoms with Crippen molar-refractivity contribution >= 4 is 16.8 Å². The lowest BCUT2D eigenvalue weighted by atomic mass is 9.56. The number of ether oxygens (including phenoxy) is 1. The summed E-state index contributed by atoms with van der Waals surface area (Å²) in [7, 11) is 3.66. The molecule has 0 radical (unpaired) electrons. The molecule has 1 aromatic heterocycles. The standard InChI is InChI=1S/C32H39N5O2/c1-21-12-29(39-3)27(26-8-10-35-30(21)26)20-37-11-9-32(13-22(14-32)16-33)15-28(37)24-4-6-25(7-5-24)31(38)36(2)19-23-17-34-18-23/h4-8,10,12,22-23,28,34-35H,9,11,13-15,17-20H2,1-3H3. The van der Waals surface area contributed by atoms with E-state index in [4.69, 9.17) is 4.74 Å². The first-order valence-electron chi connectivity index (χ1n) is 14.2. The second kappa shape index (κ2) is 10.3. The van der Waals surface area contributed by atoms with Crippen LogP contribution < -0.4 is 10.1 Å². The first kappa shape index (κ1) is 25.9. The molecule has 1 saturated carbocycles. The average Bonchev–Trinajstić information content (AvgIpc) is 3.41. The fourth-order valence-electron chi connectivity index (χ4n) is 7.14. The van der Waals surface area contributed by atoms with E-state index >= 15 is 0 Å². The number of methoxy groups -OCH3 is 1. The van der Waals surface area contributed by atoms with Crippen molar-refractivity contribution < 1.29 is 9.53 Å². The Kier molecular flexibility index (Phi) is 6.86. The lowest BCUT2D eigenvalue weighted by Gasteiger charge is -2.53. The number of piperidine rings is 1. The van der Waals surface area contributed by atoms with Crippen molar-refractivity contribution in [3.63, 3.8) is 0 Å². The summed E-state index contributed by atoms with van der Waals surface area (Å²) in [5.74, 6) is 1.75. The number of amides is 1. The Morgan fingerprint density at radius 2 is 1.97 bits per heavy atom. The Labute approximate surface area is 231 Å². The van der Waals surface area contributed by atoms with E-state index in [1.165, 1.54) is 22.1 Å². The molecule has 2 aliphatic heterocycles. The Bertz CT molecular complexity index is 1390. The van der Waals surface area contributed by atoms with Crippen LogP contribution in [0.15, 0.2) is 42.6 Å². The van der Waals surface area contributed by atoms with Gasteiger partial charge >= 0.3 is 0 Å². The normalized spacial score (nSPS) is 25.2. The van der Waals surface area contributed by atoms with Crippen LogP contribution in [-0.4, -0.2) is 61.0 Å². The maximum atomic E-state index is 13.1. The van der Waals surface area contributed by atoms with Gasteiger partial charge in [0.1, 0.15) is 5.75 Å². The molecule has 2 N–H and O–H groups in total. The highest BCUT2D eigenvalue weighted by molar-refractivity contribution is 5.94. The molecule has 3 fully saturated rings. The van der Waals surface area contributed by atoms with Crippen LogP contribution in [0.2, 0.25) is 0 Å². The minimum atomic E-state index is 0.0838. The van der Waals surface area contributed by atoms with Gasteiger partial charge in [0.2, 0.25) is 0 Å². The third-order valence-electron chi connectivity index (χ3n) is 9.52. The number of nitriles is 1. The Morgan fingerprint density at radius 1 is 1.21 bits per heavy atom. The van der Waals surface area contributed by atoms with Crippen LogP contribution in [0.4, 0.5) is 0 Å². The Morgan fingerprint density at radius 3 is 2.64 bits per heavy atom. The zero-order chi connectivity index (χ0) is 27.1. The van der Waals surface area contributed by atoms with Gasteiger partial charge < -0.3 is 19.9 Å². The summed E-state index contributed by atoms with van der Waals surface area (Å²) in [5.41, 5.74) is 5.79. The Hall–Kier alpha value is -3.34. The number of hydrogen-bond donors (Lipinski definition) is 2. The molecule has 0 bridgehead atoms. The molecule has 1 atom stereocenters. The molecule has 1 unspecified atom stereocenters. The zero-order valence-corrected chi connectivity index (χ0v) is 23.3. The van der Waals surface area contributed by atoms with E-state index in [9.17, 15) is 10.1 Å².